The van der Waals surface area contributed by atoms with Crippen LogP contribution in [0.25, 0.3) is 0 Å². The normalized spacial score (nSPS) is 27.7. The first-order valence-electron chi connectivity index (χ1n) is 8.81. The number of oxazole rings is 1. The molecule has 1 amide bonds. The maximum absolute atomic E-state index is 12.4. The van der Waals surface area contributed by atoms with Gasteiger partial charge in [-0.1, -0.05) is 18.7 Å². The summed E-state index contributed by atoms with van der Waals surface area (Å²) in [6, 6.07) is 0. The second-order valence-electron chi connectivity index (χ2n) is 6.71. The second-order valence-corrected chi connectivity index (χ2v) is 8.61. The summed E-state index contributed by atoms with van der Waals surface area (Å²) in [5.74, 6) is 1.85. The number of hydrogen-bond acceptors (Lipinski definition) is 9. The molecule has 144 valence electrons. The van der Waals surface area contributed by atoms with Crippen molar-refractivity contribution in [3.05, 3.63) is 28.2 Å². The number of ether oxygens (including phenoxy) is 1. The molecule has 2 aromatic rings. The predicted molar refractivity (Wildman–Crippen MR) is 105 cm³/mol. The lowest BCUT2D eigenvalue weighted by Gasteiger charge is -2.44. The van der Waals surface area contributed by atoms with Crippen molar-refractivity contribution in [2.24, 2.45) is 16.6 Å². The molecule has 0 saturated carbocycles. The number of nitrogens with one attached hydrogen (secondary N) is 1. The Bertz CT molecular complexity index is 880. The molecule has 2 aliphatic heterocycles. The summed E-state index contributed by atoms with van der Waals surface area (Å²) in [6.45, 7) is 4.44. The molecule has 0 aliphatic carbocycles. The summed E-state index contributed by atoms with van der Waals surface area (Å²) < 4.78 is 11.1. The second kappa shape index (κ2) is 7.25. The summed E-state index contributed by atoms with van der Waals surface area (Å²) in [5.41, 5.74) is 5.69. The van der Waals surface area contributed by atoms with Crippen LogP contribution in [-0.2, 0) is 16.7 Å². The number of carbonyl (C=O) groups excluding carboxylic acids is 1. The number of fused-ring (bicyclic) bond motifs is 1. The molecule has 2 aliphatic rings. The van der Waals surface area contributed by atoms with Crippen LogP contribution in [0.1, 0.15) is 41.7 Å². The summed E-state index contributed by atoms with van der Waals surface area (Å²) in [4.78, 5) is 25.9. The minimum atomic E-state index is -0.571. The molecular formula is C17H21N5O3S2. The van der Waals surface area contributed by atoms with Crippen molar-refractivity contribution in [3.63, 3.8) is 0 Å². The predicted octanol–water partition coefficient (Wildman–Crippen LogP) is 2.63. The molecule has 1 saturated heterocycles. The van der Waals surface area contributed by atoms with E-state index in [4.69, 9.17) is 19.9 Å². The van der Waals surface area contributed by atoms with Gasteiger partial charge in [0.2, 0.25) is 0 Å². The van der Waals surface area contributed by atoms with Crippen LogP contribution in [0.2, 0.25) is 0 Å². The van der Waals surface area contributed by atoms with Gasteiger partial charge in [-0.3, -0.25) is 4.79 Å². The Morgan fingerprint density at radius 1 is 1.48 bits per heavy atom. The van der Waals surface area contributed by atoms with Crippen LogP contribution in [0, 0.1) is 5.92 Å². The third-order valence-corrected chi connectivity index (χ3v) is 6.79. The largest absolute Gasteiger partial charge is 0.448 e. The molecule has 1 unspecified atom stereocenters. The molecule has 2 aromatic heterocycles. The average Bonchev–Trinajstić information content (AvgIpc) is 3.31. The van der Waals surface area contributed by atoms with E-state index in [0.717, 1.165) is 17.2 Å². The van der Waals surface area contributed by atoms with Crippen LogP contribution in [0.5, 0.6) is 0 Å². The summed E-state index contributed by atoms with van der Waals surface area (Å²) >= 11 is 3.04. The fourth-order valence-corrected chi connectivity index (χ4v) is 5.34. The minimum absolute atomic E-state index is 0.192. The standard InChI is InChI=1S/C17H21N5O3S2/c1-3-13-19-11(5-24-13)14(23)20-12-7-26-15(21-12)17-8-25-9(2)4-10(17)6-27-16(18)22-17/h5,7,9-10H,3-4,6,8H2,1-2H3,(H2,18,22)(H,20,23)/t9-,10-,17?/m0/s1. The van der Waals surface area contributed by atoms with Crippen molar-refractivity contribution in [2.75, 3.05) is 17.7 Å². The number of thiazole rings is 1. The highest BCUT2D eigenvalue weighted by Gasteiger charge is 2.49. The fourth-order valence-electron chi connectivity index (χ4n) is 3.37. The molecule has 0 aromatic carbocycles. The lowest BCUT2D eigenvalue weighted by atomic mass is 9.80. The number of nitrogens with two attached hydrogens (primary N) is 1. The molecule has 1 fully saturated rings. The number of carbonyl (C=O) groups is 1. The number of hydrogen-bond donors (Lipinski definition) is 2. The van der Waals surface area contributed by atoms with Gasteiger partial charge in [0.15, 0.2) is 16.8 Å². The molecule has 3 atom stereocenters. The zero-order chi connectivity index (χ0) is 19.0. The topological polar surface area (TPSA) is 116 Å². The van der Waals surface area contributed by atoms with Gasteiger partial charge < -0.3 is 20.2 Å². The van der Waals surface area contributed by atoms with Crippen molar-refractivity contribution >= 4 is 40.0 Å². The Balaban J connectivity index is 1.57. The van der Waals surface area contributed by atoms with E-state index in [1.807, 2.05) is 12.3 Å². The number of thioether (sulfide) groups is 1. The number of amides is 1. The maximum atomic E-state index is 12.4. The smallest absolute Gasteiger partial charge is 0.278 e. The van der Waals surface area contributed by atoms with Gasteiger partial charge in [-0.2, -0.15) is 0 Å². The van der Waals surface area contributed by atoms with Crippen LogP contribution in [0.15, 0.2) is 21.1 Å². The molecular weight excluding hydrogens is 386 g/mol. The van der Waals surface area contributed by atoms with Crippen LogP contribution < -0.4 is 11.1 Å². The third kappa shape index (κ3) is 3.48. The minimum Gasteiger partial charge on any atom is -0.448 e. The third-order valence-electron chi connectivity index (χ3n) is 4.82. The number of aliphatic imine (C=N–C) groups is 1. The van der Waals surface area contributed by atoms with Crippen molar-refractivity contribution in [3.8, 4) is 0 Å². The Morgan fingerprint density at radius 2 is 2.33 bits per heavy atom. The van der Waals surface area contributed by atoms with E-state index in [2.05, 4.69) is 22.2 Å². The first kappa shape index (κ1) is 18.5. The zero-order valence-corrected chi connectivity index (χ0v) is 16.7. The molecule has 0 radical (unpaired) electrons. The van der Waals surface area contributed by atoms with Crippen molar-refractivity contribution < 1.29 is 13.9 Å². The first-order chi connectivity index (χ1) is 13.0. The number of nitrogens with zero attached hydrogens (tertiary/aromatic N) is 3. The molecule has 10 heteroatoms. The summed E-state index contributed by atoms with van der Waals surface area (Å²) in [5, 5.41) is 5.96. The zero-order valence-electron chi connectivity index (χ0n) is 15.1. The van der Waals surface area contributed by atoms with Crippen LogP contribution in [0.3, 0.4) is 0 Å². The molecule has 27 heavy (non-hydrogen) atoms. The van der Waals surface area contributed by atoms with Crippen molar-refractivity contribution in [2.45, 2.75) is 38.3 Å². The van der Waals surface area contributed by atoms with E-state index < -0.39 is 5.54 Å². The lowest BCUT2D eigenvalue weighted by Crippen LogP contribution is -2.49. The van der Waals surface area contributed by atoms with E-state index in [-0.39, 0.29) is 17.7 Å². The number of rotatable bonds is 4. The van der Waals surface area contributed by atoms with E-state index in [1.165, 1.54) is 17.6 Å². The van der Waals surface area contributed by atoms with E-state index in [0.29, 0.717) is 35.8 Å². The van der Waals surface area contributed by atoms with E-state index >= 15 is 0 Å². The van der Waals surface area contributed by atoms with E-state index in [1.54, 1.807) is 11.8 Å². The highest BCUT2D eigenvalue weighted by atomic mass is 32.2. The summed E-state index contributed by atoms with van der Waals surface area (Å²) in [6.07, 6.45) is 3.09. The Kier molecular flexibility index (Phi) is 4.95. The number of anilines is 1. The number of aromatic nitrogens is 2. The van der Waals surface area contributed by atoms with Gasteiger partial charge in [0.1, 0.15) is 22.6 Å². The van der Waals surface area contributed by atoms with Crippen LogP contribution >= 0.6 is 23.1 Å². The average molecular weight is 408 g/mol. The van der Waals surface area contributed by atoms with Gasteiger partial charge in [0.25, 0.3) is 5.91 Å². The molecule has 3 N–H and O–H groups in total. The Labute approximate surface area is 165 Å². The van der Waals surface area contributed by atoms with Crippen molar-refractivity contribution in [1.82, 2.24) is 9.97 Å². The first-order valence-corrected chi connectivity index (χ1v) is 10.7. The lowest BCUT2D eigenvalue weighted by molar-refractivity contribution is -0.0466. The highest BCUT2D eigenvalue weighted by Crippen LogP contribution is 2.46. The van der Waals surface area contributed by atoms with Gasteiger partial charge in [0.05, 0.1) is 12.7 Å². The Hall–Kier alpha value is -1.91. The molecule has 0 bridgehead atoms. The van der Waals surface area contributed by atoms with Gasteiger partial charge in [0, 0.05) is 23.5 Å². The number of aryl methyl sites for hydroxylation is 1. The number of amidine groups is 1. The van der Waals surface area contributed by atoms with Crippen molar-refractivity contribution in [1.29, 1.82) is 0 Å². The SMILES string of the molecule is CCc1nc(C(=O)Nc2csc(C34CO[C@@H](C)C[C@H]3CSC(N)=N4)n2)co1. The molecule has 0 spiro atoms. The summed E-state index contributed by atoms with van der Waals surface area (Å²) in [7, 11) is 0. The van der Waals surface area contributed by atoms with Crippen LogP contribution in [-0.4, -0.2) is 39.5 Å². The molecule has 4 heterocycles. The van der Waals surface area contributed by atoms with Gasteiger partial charge in [-0.25, -0.2) is 15.0 Å². The maximum Gasteiger partial charge on any atom is 0.278 e. The van der Waals surface area contributed by atoms with Crippen LogP contribution in [0.4, 0.5) is 5.82 Å². The van der Waals surface area contributed by atoms with Gasteiger partial charge in [-0.05, 0) is 13.3 Å². The fraction of sp³-hybridized carbons (Fsp3) is 0.529. The monoisotopic (exact) mass is 407 g/mol. The molecule has 4 rings (SSSR count). The highest BCUT2D eigenvalue weighted by molar-refractivity contribution is 8.13. The Morgan fingerprint density at radius 3 is 3.11 bits per heavy atom. The molecule has 8 nitrogen and oxygen atoms in total. The van der Waals surface area contributed by atoms with E-state index in [9.17, 15) is 4.79 Å². The van der Waals surface area contributed by atoms with Gasteiger partial charge >= 0.3 is 0 Å². The van der Waals surface area contributed by atoms with Gasteiger partial charge in [-0.15, -0.1) is 11.3 Å². The quantitative estimate of drug-likeness (QED) is 0.800.